The van der Waals surface area contributed by atoms with E-state index in [1.165, 1.54) is 30.4 Å². The Morgan fingerprint density at radius 2 is 1.88 bits per heavy atom. The van der Waals surface area contributed by atoms with Crippen LogP contribution in [0.15, 0.2) is 36.4 Å². The number of carbonyl (C=O) groups excluding carboxylic acids is 1. The minimum absolute atomic E-state index is 0.0651. The molecule has 8 heteroatoms. The standard InChI is InChI=1S/C16H11Cl3N2O3/c1-20-12-6-2-9(8-13(12)21(23)24)3-7-14(22)10-4-5-11(17)16(19)15(10)18/h2-8,20H,1H3/b7-3+. The van der Waals surface area contributed by atoms with Gasteiger partial charge in [0.05, 0.1) is 20.0 Å². The maximum absolute atomic E-state index is 12.2. The number of nitrogens with one attached hydrogen (secondary N) is 1. The van der Waals surface area contributed by atoms with E-state index in [-0.39, 0.29) is 32.1 Å². The molecule has 24 heavy (non-hydrogen) atoms. The van der Waals surface area contributed by atoms with Crippen LogP contribution in [0.4, 0.5) is 11.4 Å². The quantitative estimate of drug-likeness (QED) is 0.243. The smallest absolute Gasteiger partial charge is 0.292 e. The number of hydrogen-bond acceptors (Lipinski definition) is 4. The molecule has 0 bridgehead atoms. The van der Waals surface area contributed by atoms with Crippen molar-refractivity contribution in [1.82, 2.24) is 0 Å². The molecule has 0 unspecified atom stereocenters. The van der Waals surface area contributed by atoms with Gasteiger partial charge in [-0.1, -0.05) is 46.9 Å². The van der Waals surface area contributed by atoms with Gasteiger partial charge in [-0.25, -0.2) is 0 Å². The molecule has 2 aromatic rings. The van der Waals surface area contributed by atoms with E-state index >= 15 is 0 Å². The number of halogens is 3. The van der Waals surface area contributed by atoms with E-state index in [2.05, 4.69) is 5.32 Å². The van der Waals surface area contributed by atoms with Gasteiger partial charge in [0.1, 0.15) is 5.69 Å². The van der Waals surface area contributed by atoms with Crippen molar-refractivity contribution in [3.05, 3.63) is 72.7 Å². The number of nitro benzene ring substituents is 1. The van der Waals surface area contributed by atoms with Crippen LogP contribution in [-0.4, -0.2) is 17.8 Å². The van der Waals surface area contributed by atoms with Gasteiger partial charge in [-0.15, -0.1) is 0 Å². The molecular formula is C16H11Cl3N2O3. The summed E-state index contributed by atoms with van der Waals surface area (Å²) >= 11 is 17.7. The molecule has 0 heterocycles. The van der Waals surface area contributed by atoms with E-state index in [0.29, 0.717) is 11.3 Å². The summed E-state index contributed by atoms with van der Waals surface area (Å²) in [5.74, 6) is -0.390. The van der Waals surface area contributed by atoms with Crippen molar-refractivity contribution in [2.45, 2.75) is 0 Å². The zero-order valence-electron chi connectivity index (χ0n) is 12.3. The maximum atomic E-state index is 12.2. The van der Waals surface area contributed by atoms with Crippen molar-refractivity contribution in [2.24, 2.45) is 0 Å². The van der Waals surface area contributed by atoms with Crippen LogP contribution in [0.1, 0.15) is 15.9 Å². The Morgan fingerprint density at radius 1 is 1.17 bits per heavy atom. The number of hydrogen-bond donors (Lipinski definition) is 1. The summed E-state index contributed by atoms with van der Waals surface area (Å²) in [5, 5.41) is 14.2. The van der Waals surface area contributed by atoms with Crippen molar-refractivity contribution >= 4 is 58.0 Å². The molecule has 124 valence electrons. The zero-order chi connectivity index (χ0) is 17.9. The highest BCUT2D eigenvalue weighted by Crippen LogP contribution is 2.33. The van der Waals surface area contributed by atoms with E-state index in [1.807, 2.05) is 0 Å². The molecule has 2 aromatic carbocycles. The van der Waals surface area contributed by atoms with Crippen LogP contribution in [0.5, 0.6) is 0 Å². The van der Waals surface area contributed by atoms with Crippen LogP contribution >= 0.6 is 34.8 Å². The Hall–Kier alpha value is -2.08. The molecule has 0 aliphatic carbocycles. The third kappa shape index (κ3) is 3.87. The first-order valence-corrected chi connectivity index (χ1v) is 7.80. The zero-order valence-corrected chi connectivity index (χ0v) is 14.6. The Labute approximate surface area is 153 Å². The fourth-order valence-corrected chi connectivity index (χ4v) is 2.62. The fraction of sp³-hybridized carbons (Fsp3) is 0.0625. The van der Waals surface area contributed by atoms with Crippen LogP contribution < -0.4 is 5.32 Å². The lowest BCUT2D eigenvalue weighted by Crippen LogP contribution is -1.98. The van der Waals surface area contributed by atoms with Gasteiger partial charge in [0.25, 0.3) is 5.69 Å². The number of nitrogens with zero attached hydrogens (tertiary/aromatic N) is 1. The van der Waals surface area contributed by atoms with Gasteiger partial charge in [-0.2, -0.15) is 0 Å². The Morgan fingerprint density at radius 3 is 2.50 bits per heavy atom. The predicted octanol–water partition coefficient (Wildman–Crippen LogP) is 5.49. The summed E-state index contributed by atoms with van der Waals surface area (Å²) in [6, 6.07) is 7.53. The lowest BCUT2D eigenvalue weighted by Gasteiger charge is -2.04. The maximum Gasteiger partial charge on any atom is 0.292 e. The monoisotopic (exact) mass is 384 g/mol. The molecule has 0 saturated heterocycles. The van der Waals surface area contributed by atoms with Crippen LogP contribution in [-0.2, 0) is 0 Å². The predicted molar refractivity (Wildman–Crippen MR) is 97.5 cm³/mol. The number of rotatable bonds is 5. The summed E-state index contributed by atoms with van der Waals surface area (Å²) in [4.78, 5) is 22.8. The highest BCUT2D eigenvalue weighted by molar-refractivity contribution is 6.49. The van der Waals surface area contributed by atoms with Crippen molar-refractivity contribution in [3.63, 3.8) is 0 Å². The lowest BCUT2D eigenvalue weighted by atomic mass is 10.1. The molecule has 0 saturated carbocycles. The normalized spacial score (nSPS) is 10.8. The average molecular weight is 386 g/mol. The van der Waals surface area contributed by atoms with Crippen LogP contribution in [0, 0.1) is 10.1 Å². The summed E-state index contributed by atoms with van der Waals surface area (Å²) in [6.45, 7) is 0. The summed E-state index contributed by atoms with van der Waals surface area (Å²) in [6.07, 6.45) is 2.73. The van der Waals surface area contributed by atoms with Gasteiger partial charge in [0.15, 0.2) is 5.78 Å². The summed E-state index contributed by atoms with van der Waals surface area (Å²) in [5.41, 5.74) is 1.00. The first kappa shape index (κ1) is 18.3. The molecule has 0 atom stereocenters. The highest BCUT2D eigenvalue weighted by Gasteiger charge is 2.14. The molecule has 0 aliphatic heterocycles. The van der Waals surface area contributed by atoms with E-state index in [4.69, 9.17) is 34.8 Å². The molecular weight excluding hydrogens is 375 g/mol. The van der Waals surface area contributed by atoms with Gasteiger partial charge in [0, 0.05) is 18.7 Å². The van der Waals surface area contributed by atoms with Crippen LogP contribution in [0.3, 0.4) is 0 Å². The van der Waals surface area contributed by atoms with Gasteiger partial charge in [-0.3, -0.25) is 14.9 Å². The average Bonchev–Trinajstić information content (AvgIpc) is 2.57. The van der Waals surface area contributed by atoms with E-state index in [0.717, 1.165) is 0 Å². The van der Waals surface area contributed by atoms with E-state index in [1.54, 1.807) is 19.2 Å². The van der Waals surface area contributed by atoms with Crippen molar-refractivity contribution in [3.8, 4) is 0 Å². The third-order valence-corrected chi connectivity index (χ3v) is 4.51. The second-order valence-corrected chi connectivity index (χ2v) is 5.87. The van der Waals surface area contributed by atoms with Crippen molar-refractivity contribution in [2.75, 3.05) is 12.4 Å². The molecule has 0 spiro atoms. The second kappa shape index (κ2) is 7.66. The number of benzene rings is 2. The topological polar surface area (TPSA) is 72.2 Å². The van der Waals surface area contributed by atoms with E-state index in [9.17, 15) is 14.9 Å². The summed E-state index contributed by atoms with van der Waals surface area (Å²) < 4.78 is 0. The summed E-state index contributed by atoms with van der Waals surface area (Å²) in [7, 11) is 1.59. The van der Waals surface area contributed by atoms with Gasteiger partial charge in [0.2, 0.25) is 0 Å². The molecule has 0 aliphatic rings. The lowest BCUT2D eigenvalue weighted by molar-refractivity contribution is -0.383. The largest absolute Gasteiger partial charge is 0.383 e. The number of anilines is 1. The first-order chi connectivity index (χ1) is 11.3. The molecule has 0 fully saturated rings. The van der Waals surface area contributed by atoms with Gasteiger partial charge in [-0.05, 0) is 29.8 Å². The van der Waals surface area contributed by atoms with Gasteiger partial charge < -0.3 is 5.32 Å². The fourth-order valence-electron chi connectivity index (χ4n) is 1.99. The molecule has 0 aromatic heterocycles. The van der Waals surface area contributed by atoms with E-state index < -0.39 is 4.92 Å². The number of carbonyl (C=O) groups is 1. The highest BCUT2D eigenvalue weighted by atomic mass is 35.5. The third-order valence-electron chi connectivity index (χ3n) is 3.22. The molecule has 0 radical (unpaired) electrons. The number of ketones is 1. The SMILES string of the molecule is CNc1ccc(/C=C/C(=O)c2ccc(Cl)c(Cl)c2Cl)cc1[N+](=O)[O-]. The number of nitro groups is 1. The van der Waals surface area contributed by atoms with Crippen LogP contribution in [0.25, 0.3) is 6.08 Å². The minimum atomic E-state index is -0.499. The first-order valence-electron chi connectivity index (χ1n) is 6.67. The van der Waals surface area contributed by atoms with Gasteiger partial charge >= 0.3 is 0 Å². The molecule has 2 rings (SSSR count). The Balaban J connectivity index is 2.31. The second-order valence-electron chi connectivity index (χ2n) is 4.70. The molecule has 5 nitrogen and oxygen atoms in total. The molecule has 0 amide bonds. The number of allylic oxidation sites excluding steroid dienone is 1. The van der Waals surface area contributed by atoms with Crippen molar-refractivity contribution in [1.29, 1.82) is 0 Å². The molecule has 1 N–H and O–H groups in total. The Bertz CT molecular complexity index is 851. The Kier molecular flexibility index (Phi) is 5.83. The minimum Gasteiger partial charge on any atom is -0.383 e. The van der Waals surface area contributed by atoms with Crippen molar-refractivity contribution < 1.29 is 9.72 Å². The van der Waals surface area contributed by atoms with Crippen LogP contribution in [0.2, 0.25) is 15.1 Å².